The highest BCUT2D eigenvalue weighted by atomic mass is 32.2. The van der Waals surface area contributed by atoms with Crippen molar-refractivity contribution in [3.63, 3.8) is 0 Å². The van der Waals surface area contributed by atoms with Crippen LogP contribution in [0.2, 0.25) is 0 Å². The summed E-state index contributed by atoms with van der Waals surface area (Å²) in [6.45, 7) is 0.986. The molecule has 3 amide bonds. The van der Waals surface area contributed by atoms with Crippen LogP contribution in [-0.2, 0) is 14.3 Å². The molecule has 3 aromatic rings. The van der Waals surface area contributed by atoms with Crippen molar-refractivity contribution in [2.24, 2.45) is 0 Å². The van der Waals surface area contributed by atoms with E-state index in [1.165, 1.54) is 41.7 Å². The van der Waals surface area contributed by atoms with Crippen LogP contribution in [-0.4, -0.2) is 72.0 Å². The van der Waals surface area contributed by atoms with E-state index in [2.05, 4.69) is 25.3 Å². The summed E-state index contributed by atoms with van der Waals surface area (Å²) in [6, 6.07) is 11.1. The molecule has 1 aromatic carbocycles. The van der Waals surface area contributed by atoms with Gasteiger partial charge < -0.3 is 29.7 Å². The summed E-state index contributed by atoms with van der Waals surface area (Å²) in [4.78, 5) is 47.8. The Morgan fingerprint density at radius 3 is 2.41 bits per heavy atom. The van der Waals surface area contributed by atoms with E-state index in [-0.39, 0.29) is 16.3 Å². The number of anilines is 1. The number of halogens is 3. The highest BCUT2D eigenvalue weighted by molar-refractivity contribution is 7.99. The molecule has 4 rings (SSSR count). The number of aromatic nitrogens is 2. The first-order valence-electron chi connectivity index (χ1n) is 12.2. The maximum atomic E-state index is 13.1. The van der Waals surface area contributed by atoms with Gasteiger partial charge in [0.05, 0.1) is 18.8 Å². The average molecular weight is 592 g/mol. The average Bonchev–Trinajstić information content (AvgIpc) is 2.97. The number of nitrogens with zero attached hydrogens (tertiary/aromatic N) is 3. The normalized spacial score (nSPS) is 14.1. The van der Waals surface area contributed by atoms with E-state index in [1.54, 1.807) is 18.2 Å². The highest BCUT2D eigenvalue weighted by Crippen LogP contribution is 2.34. The van der Waals surface area contributed by atoms with Gasteiger partial charge in [-0.25, -0.2) is 9.78 Å². The molecule has 2 N–H and O–H groups in total. The topological polar surface area (TPSA) is 132 Å². The number of pyridine rings is 2. The Morgan fingerprint density at radius 2 is 1.73 bits per heavy atom. The predicted octanol–water partition coefficient (Wildman–Crippen LogP) is 4.00. The minimum atomic E-state index is -4.84. The fraction of sp³-hybridized carbons (Fsp3) is 0.269. The van der Waals surface area contributed by atoms with E-state index < -0.39 is 42.0 Å². The van der Waals surface area contributed by atoms with Crippen LogP contribution in [0.25, 0.3) is 0 Å². The number of nitrogens with one attached hydrogen (secondary N) is 2. The van der Waals surface area contributed by atoms with Crippen molar-refractivity contribution in [1.82, 2.24) is 20.2 Å². The van der Waals surface area contributed by atoms with E-state index in [0.717, 1.165) is 23.9 Å². The molecule has 2 aromatic heterocycles. The van der Waals surface area contributed by atoms with Crippen molar-refractivity contribution < 1.29 is 41.8 Å². The predicted molar refractivity (Wildman–Crippen MR) is 140 cm³/mol. The van der Waals surface area contributed by atoms with Crippen LogP contribution in [0.1, 0.15) is 21.3 Å². The quantitative estimate of drug-likeness (QED) is 0.280. The molecule has 1 unspecified atom stereocenters. The second-order valence-electron chi connectivity index (χ2n) is 8.38. The molecule has 0 aliphatic carbocycles. The van der Waals surface area contributed by atoms with Crippen molar-refractivity contribution >= 4 is 35.4 Å². The molecule has 41 heavy (non-hydrogen) atoms. The van der Waals surface area contributed by atoms with Gasteiger partial charge in [0.1, 0.15) is 16.1 Å². The molecule has 1 atom stereocenters. The molecule has 3 heterocycles. The van der Waals surface area contributed by atoms with Crippen LogP contribution in [0, 0.1) is 0 Å². The first kappa shape index (κ1) is 29.6. The zero-order valence-corrected chi connectivity index (χ0v) is 22.1. The third-order valence-corrected chi connectivity index (χ3v) is 6.66. The van der Waals surface area contributed by atoms with Crippen molar-refractivity contribution in [3.8, 4) is 5.75 Å². The van der Waals surface area contributed by atoms with Gasteiger partial charge in [0, 0.05) is 37.4 Å². The second kappa shape index (κ2) is 13.8. The fourth-order valence-corrected chi connectivity index (χ4v) is 4.70. The minimum Gasteiger partial charge on any atom is -0.439 e. The maximum Gasteiger partial charge on any atom is 0.573 e. The largest absolute Gasteiger partial charge is 0.573 e. The molecule has 0 bridgehead atoms. The van der Waals surface area contributed by atoms with Crippen molar-refractivity contribution in [2.75, 3.05) is 38.2 Å². The number of benzene rings is 1. The van der Waals surface area contributed by atoms with Gasteiger partial charge in [-0.05, 0) is 54.1 Å². The number of amides is 3. The van der Waals surface area contributed by atoms with Crippen molar-refractivity contribution in [2.45, 2.75) is 16.8 Å². The lowest BCUT2D eigenvalue weighted by Gasteiger charge is -2.26. The van der Waals surface area contributed by atoms with E-state index in [4.69, 9.17) is 9.47 Å². The number of carbonyl (C=O) groups excluding carboxylic acids is 3. The molecule has 0 radical (unpaired) electrons. The number of morpholine rings is 1. The summed E-state index contributed by atoms with van der Waals surface area (Å²) >= 11 is 1.06. The zero-order valence-electron chi connectivity index (χ0n) is 21.3. The number of ether oxygens (including phenoxy) is 3. The number of alkyl halides is 3. The summed E-state index contributed by atoms with van der Waals surface area (Å²) in [7, 11) is 0. The summed E-state index contributed by atoms with van der Waals surface area (Å²) in [5.41, 5.74) is 1.01. The Labute approximate surface area is 236 Å². The number of rotatable bonds is 9. The van der Waals surface area contributed by atoms with Gasteiger partial charge in [-0.3, -0.25) is 14.6 Å². The molecule has 0 spiro atoms. The molecule has 1 fully saturated rings. The summed E-state index contributed by atoms with van der Waals surface area (Å²) in [6.07, 6.45) is -0.925. The van der Waals surface area contributed by atoms with Crippen LogP contribution in [0.4, 0.5) is 23.7 Å². The van der Waals surface area contributed by atoms with Gasteiger partial charge in [0.25, 0.3) is 11.8 Å². The smallest absolute Gasteiger partial charge is 0.439 e. The van der Waals surface area contributed by atoms with E-state index in [1.807, 2.05) is 0 Å². The summed E-state index contributed by atoms with van der Waals surface area (Å²) < 4.78 is 51.4. The van der Waals surface area contributed by atoms with Gasteiger partial charge in [-0.15, -0.1) is 13.2 Å². The molecule has 1 saturated heterocycles. The van der Waals surface area contributed by atoms with Gasteiger partial charge in [-0.1, -0.05) is 11.8 Å². The lowest BCUT2D eigenvalue weighted by molar-refractivity contribution is -0.274. The molecule has 216 valence electrons. The van der Waals surface area contributed by atoms with Gasteiger partial charge >= 0.3 is 12.5 Å². The first-order chi connectivity index (χ1) is 19.7. The van der Waals surface area contributed by atoms with Crippen LogP contribution in [0.5, 0.6) is 5.75 Å². The Balaban J connectivity index is 1.44. The third kappa shape index (κ3) is 9.08. The molecule has 1 aliphatic heterocycles. The lowest BCUT2D eigenvalue weighted by Crippen LogP contribution is -2.42. The maximum absolute atomic E-state index is 13.1. The molecule has 11 nitrogen and oxygen atoms in total. The first-order valence-corrected chi connectivity index (χ1v) is 13.0. The molecule has 0 saturated carbocycles. The monoisotopic (exact) mass is 591 g/mol. The molecule has 1 aliphatic rings. The number of hydrogen-bond donors (Lipinski definition) is 2. The summed E-state index contributed by atoms with van der Waals surface area (Å²) in [5.74, 6) is -1.59. The zero-order chi connectivity index (χ0) is 29.2. The Hall–Kier alpha value is -4.37. The Morgan fingerprint density at radius 1 is 1.02 bits per heavy atom. The summed E-state index contributed by atoms with van der Waals surface area (Å²) in [5, 5.41) is 4.90. The van der Waals surface area contributed by atoms with Crippen molar-refractivity contribution in [3.05, 3.63) is 78.2 Å². The Bertz CT molecular complexity index is 1340. The lowest BCUT2D eigenvalue weighted by atomic mass is 10.2. The van der Waals surface area contributed by atoms with Crippen LogP contribution < -0.4 is 15.4 Å². The standard InChI is InChI=1S/C26H24F3N5O6S/c27-26(28,29)40-19-5-3-18(4-6-19)32-22(36)20-2-1-9-31-24(20)41-23(17-7-10-30-11-8-17)33-21(35)16-39-25(37)34-12-14-38-15-13-34/h1-11,23H,12-16H2,(H,32,36)(H,33,35). The SMILES string of the molecule is O=C(COC(=O)N1CCOCC1)NC(Sc1ncccc1C(=O)Nc1ccc(OC(F)(F)F)cc1)c1ccncc1. The third-order valence-electron chi connectivity index (χ3n) is 5.49. The van der Waals surface area contributed by atoms with Gasteiger partial charge in [0.15, 0.2) is 6.61 Å². The second-order valence-corrected chi connectivity index (χ2v) is 9.48. The molecular weight excluding hydrogens is 567 g/mol. The van der Waals surface area contributed by atoms with Crippen LogP contribution in [0.15, 0.2) is 72.1 Å². The van der Waals surface area contributed by atoms with Gasteiger partial charge in [0.2, 0.25) is 0 Å². The number of thioether (sulfide) groups is 1. The molecule has 15 heteroatoms. The van der Waals surface area contributed by atoms with Crippen LogP contribution >= 0.6 is 11.8 Å². The highest BCUT2D eigenvalue weighted by Gasteiger charge is 2.31. The minimum absolute atomic E-state index is 0.153. The Kier molecular flexibility index (Phi) is 9.97. The number of carbonyl (C=O) groups is 3. The number of hydrogen-bond acceptors (Lipinski definition) is 9. The van der Waals surface area contributed by atoms with E-state index >= 15 is 0 Å². The van der Waals surface area contributed by atoms with E-state index in [9.17, 15) is 27.6 Å². The molecular formula is C26H24F3N5O6S. The fourth-order valence-electron chi connectivity index (χ4n) is 3.58. The van der Waals surface area contributed by atoms with E-state index in [0.29, 0.717) is 31.9 Å². The van der Waals surface area contributed by atoms with Gasteiger partial charge in [-0.2, -0.15) is 0 Å². The van der Waals surface area contributed by atoms with Crippen LogP contribution in [0.3, 0.4) is 0 Å². The van der Waals surface area contributed by atoms with Crippen molar-refractivity contribution in [1.29, 1.82) is 0 Å².